The second-order valence-corrected chi connectivity index (χ2v) is 11.7. The van der Waals surface area contributed by atoms with Crippen molar-refractivity contribution in [2.75, 3.05) is 0 Å². The van der Waals surface area contributed by atoms with Gasteiger partial charge in [-0.25, -0.2) is 9.97 Å². The molecule has 0 N–H and O–H groups in total. The van der Waals surface area contributed by atoms with Crippen LogP contribution in [-0.4, -0.2) is 15.0 Å². The summed E-state index contributed by atoms with van der Waals surface area (Å²) < 4.78 is 0. The van der Waals surface area contributed by atoms with Crippen LogP contribution in [0.25, 0.3) is 88.5 Å². The summed E-state index contributed by atoms with van der Waals surface area (Å²) in [6.07, 6.45) is 3.70. The fourth-order valence-electron chi connectivity index (χ4n) is 6.65. The Kier molecular flexibility index (Phi) is 6.14. The van der Waals surface area contributed by atoms with Gasteiger partial charge in [0.15, 0.2) is 5.82 Å². The number of nitrogens with zero attached hydrogens (tertiary/aromatic N) is 3. The van der Waals surface area contributed by atoms with E-state index in [0.29, 0.717) is 5.82 Å². The van der Waals surface area contributed by atoms with Crippen LogP contribution in [0.5, 0.6) is 0 Å². The lowest BCUT2D eigenvalue weighted by Crippen LogP contribution is -1.97. The third-order valence-electron chi connectivity index (χ3n) is 8.93. The van der Waals surface area contributed by atoms with Gasteiger partial charge in [-0.15, -0.1) is 0 Å². The molecule has 2 aromatic heterocycles. The average molecular weight is 586 g/mol. The summed E-state index contributed by atoms with van der Waals surface area (Å²) >= 11 is 0. The first-order chi connectivity index (χ1) is 22.8. The highest BCUT2D eigenvalue weighted by molar-refractivity contribution is 6.25. The summed E-state index contributed by atoms with van der Waals surface area (Å²) in [6, 6.07) is 53.6. The zero-order valence-electron chi connectivity index (χ0n) is 24.9. The van der Waals surface area contributed by atoms with E-state index in [1.807, 2.05) is 18.3 Å². The summed E-state index contributed by atoms with van der Waals surface area (Å²) in [5.74, 6) is 0.699. The Hall–Kier alpha value is -6.19. The van der Waals surface area contributed by atoms with Crippen LogP contribution in [0.2, 0.25) is 0 Å². The van der Waals surface area contributed by atoms with Crippen molar-refractivity contribution in [1.29, 1.82) is 0 Å². The molecule has 0 radical (unpaired) electrons. The van der Waals surface area contributed by atoms with Gasteiger partial charge in [-0.05, 0) is 67.2 Å². The monoisotopic (exact) mass is 585 g/mol. The molecule has 0 spiro atoms. The van der Waals surface area contributed by atoms with E-state index in [4.69, 9.17) is 9.97 Å². The van der Waals surface area contributed by atoms with Crippen molar-refractivity contribution in [1.82, 2.24) is 15.0 Å². The van der Waals surface area contributed by atoms with E-state index in [1.165, 1.54) is 37.9 Å². The van der Waals surface area contributed by atoms with Crippen molar-refractivity contribution >= 4 is 32.3 Å². The largest absolute Gasteiger partial charge is 0.264 e. The van der Waals surface area contributed by atoms with Gasteiger partial charge in [0.25, 0.3) is 0 Å². The standard InChI is InChI=1S/C43H27N3/c1-2-7-28(8-3-1)29-14-18-33(19-15-29)43-45-39(35-12-5-11-34(25-35)36-13-6-24-44-27-36)26-40(46-43)37-22-20-32-17-16-30-9-4-10-31-21-23-38(37)42(32)41(30)31/h1-27H. The van der Waals surface area contributed by atoms with Crippen LogP contribution in [0.15, 0.2) is 164 Å². The summed E-state index contributed by atoms with van der Waals surface area (Å²) in [5.41, 5.74) is 9.40. The fraction of sp³-hybridized carbons (Fsp3) is 0. The second-order valence-electron chi connectivity index (χ2n) is 11.7. The number of aromatic nitrogens is 3. The first-order valence-electron chi connectivity index (χ1n) is 15.5. The summed E-state index contributed by atoms with van der Waals surface area (Å²) in [4.78, 5) is 14.8. The van der Waals surface area contributed by atoms with Crippen LogP contribution in [0.1, 0.15) is 0 Å². The molecule has 3 nitrogen and oxygen atoms in total. The Labute approximate surface area is 266 Å². The molecular formula is C43H27N3. The van der Waals surface area contributed by atoms with Gasteiger partial charge in [0.2, 0.25) is 0 Å². The van der Waals surface area contributed by atoms with Gasteiger partial charge >= 0.3 is 0 Å². The highest BCUT2D eigenvalue weighted by Gasteiger charge is 2.16. The fourth-order valence-corrected chi connectivity index (χ4v) is 6.65. The topological polar surface area (TPSA) is 38.7 Å². The molecule has 0 unspecified atom stereocenters. The Morgan fingerprint density at radius 3 is 1.80 bits per heavy atom. The van der Waals surface area contributed by atoms with Crippen LogP contribution in [0.3, 0.4) is 0 Å². The first-order valence-corrected chi connectivity index (χ1v) is 15.5. The minimum Gasteiger partial charge on any atom is -0.264 e. The van der Waals surface area contributed by atoms with E-state index in [-0.39, 0.29) is 0 Å². The van der Waals surface area contributed by atoms with Gasteiger partial charge in [0.1, 0.15) is 0 Å². The highest BCUT2D eigenvalue weighted by Crippen LogP contribution is 2.40. The number of hydrogen-bond donors (Lipinski definition) is 0. The predicted molar refractivity (Wildman–Crippen MR) is 191 cm³/mol. The molecule has 7 aromatic carbocycles. The lowest BCUT2D eigenvalue weighted by molar-refractivity contribution is 1.18. The van der Waals surface area contributed by atoms with Crippen LogP contribution in [0, 0.1) is 0 Å². The summed E-state index contributed by atoms with van der Waals surface area (Å²) in [6.45, 7) is 0. The smallest absolute Gasteiger partial charge is 0.160 e. The van der Waals surface area contributed by atoms with Gasteiger partial charge in [-0.3, -0.25) is 4.98 Å². The maximum absolute atomic E-state index is 5.24. The van der Waals surface area contributed by atoms with E-state index >= 15 is 0 Å². The zero-order valence-corrected chi connectivity index (χ0v) is 24.9. The third-order valence-corrected chi connectivity index (χ3v) is 8.93. The minimum atomic E-state index is 0.699. The highest BCUT2D eigenvalue weighted by atomic mass is 14.9. The maximum atomic E-state index is 5.24. The zero-order chi connectivity index (χ0) is 30.5. The SMILES string of the molecule is c1ccc(-c2ccc(-c3nc(-c4cccc(-c5cccnc5)c4)cc(-c4ccc5ccc6cccc7ccc4c5c67)n3)cc2)cc1. The quantitative estimate of drug-likeness (QED) is 0.189. The number of benzene rings is 7. The lowest BCUT2D eigenvalue weighted by Gasteiger charge is -2.15. The molecule has 0 aliphatic carbocycles. The van der Waals surface area contributed by atoms with Gasteiger partial charge in [0, 0.05) is 34.6 Å². The van der Waals surface area contributed by atoms with E-state index in [2.05, 4.69) is 145 Å². The van der Waals surface area contributed by atoms with E-state index in [1.54, 1.807) is 6.20 Å². The normalized spacial score (nSPS) is 11.5. The molecule has 46 heavy (non-hydrogen) atoms. The molecule has 2 heterocycles. The average Bonchev–Trinajstić information content (AvgIpc) is 3.14. The van der Waals surface area contributed by atoms with Crippen LogP contribution in [-0.2, 0) is 0 Å². The van der Waals surface area contributed by atoms with Gasteiger partial charge in [-0.1, -0.05) is 133 Å². The van der Waals surface area contributed by atoms with Gasteiger partial charge in [0.05, 0.1) is 11.4 Å². The Morgan fingerprint density at radius 2 is 1.00 bits per heavy atom. The molecule has 0 atom stereocenters. The van der Waals surface area contributed by atoms with Crippen LogP contribution < -0.4 is 0 Å². The second kappa shape index (κ2) is 10.8. The Bertz CT molecular complexity index is 2490. The number of pyridine rings is 1. The van der Waals surface area contributed by atoms with Crippen molar-refractivity contribution in [2.24, 2.45) is 0 Å². The van der Waals surface area contributed by atoms with E-state index in [0.717, 1.165) is 44.8 Å². The molecule has 9 rings (SSSR count). The minimum absolute atomic E-state index is 0.699. The van der Waals surface area contributed by atoms with Gasteiger partial charge in [-0.2, -0.15) is 0 Å². The summed E-state index contributed by atoms with van der Waals surface area (Å²) in [7, 11) is 0. The summed E-state index contributed by atoms with van der Waals surface area (Å²) in [5, 5.41) is 7.51. The van der Waals surface area contributed by atoms with E-state index < -0.39 is 0 Å². The predicted octanol–water partition coefficient (Wildman–Crippen LogP) is 11.1. The van der Waals surface area contributed by atoms with Crippen molar-refractivity contribution in [3.63, 3.8) is 0 Å². The molecule has 0 aliphatic heterocycles. The molecule has 0 saturated carbocycles. The Balaban J connectivity index is 1.25. The molecule has 0 amide bonds. The van der Waals surface area contributed by atoms with Crippen molar-refractivity contribution in [3.05, 3.63) is 164 Å². The molecule has 0 fully saturated rings. The Morgan fingerprint density at radius 1 is 0.370 bits per heavy atom. The van der Waals surface area contributed by atoms with E-state index in [9.17, 15) is 0 Å². The van der Waals surface area contributed by atoms with Crippen molar-refractivity contribution < 1.29 is 0 Å². The van der Waals surface area contributed by atoms with Crippen molar-refractivity contribution in [2.45, 2.75) is 0 Å². The maximum Gasteiger partial charge on any atom is 0.160 e. The van der Waals surface area contributed by atoms with Crippen LogP contribution in [0.4, 0.5) is 0 Å². The first kappa shape index (κ1) is 26.2. The molecule has 0 bridgehead atoms. The van der Waals surface area contributed by atoms with Gasteiger partial charge < -0.3 is 0 Å². The molecule has 0 aliphatic rings. The number of hydrogen-bond acceptors (Lipinski definition) is 3. The number of rotatable bonds is 5. The lowest BCUT2D eigenvalue weighted by atomic mass is 9.91. The molecular weight excluding hydrogens is 558 g/mol. The molecule has 3 heteroatoms. The molecule has 9 aromatic rings. The van der Waals surface area contributed by atoms with Crippen molar-refractivity contribution in [3.8, 4) is 56.2 Å². The molecule has 0 saturated heterocycles. The third kappa shape index (κ3) is 4.49. The van der Waals surface area contributed by atoms with Crippen LogP contribution >= 0.6 is 0 Å². The molecule has 214 valence electrons.